The van der Waals surface area contributed by atoms with E-state index in [0.717, 1.165) is 12.2 Å². The molecule has 0 saturated carbocycles. The van der Waals surface area contributed by atoms with Crippen LogP contribution in [-0.4, -0.2) is 23.5 Å². The van der Waals surface area contributed by atoms with E-state index < -0.39 is 11.2 Å². The van der Waals surface area contributed by atoms with Gasteiger partial charge in [0.05, 0.1) is 0 Å². The smallest absolute Gasteiger partial charge is 0.314 e. The van der Waals surface area contributed by atoms with Gasteiger partial charge in [-0.05, 0) is 12.8 Å². The highest BCUT2D eigenvalue weighted by Crippen LogP contribution is 2.17. The Bertz CT molecular complexity index is 922. The summed E-state index contributed by atoms with van der Waals surface area (Å²) in [6, 6.07) is 0. The van der Waals surface area contributed by atoms with Crippen LogP contribution in [0.15, 0.2) is 15.8 Å². The molecule has 0 amide bonds. The van der Waals surface area contributed by atoms with Gasteiger partial charge in [-0.2, -0.15) is 4.98 Å². The summed E-state index contributed by atoms with van der Waals surface area (Å²) in [5, 5.41) is 0. The first-order valence-electron chi connectivity index (χ1n) is 6.57. The third-order valence-electron chi connectivity index (χ3n) is 3.46. The van der Waals surface area contributed by atoms with Crippen LogP contribution in [0.1, 0.15) is 19.5 Å². The number of nitrogens with zero attached hydrogens (tertiary/aromatic N) is 4. The molecular formula is C13H17N5O2. The number of nitrogens with one attached hydrogen (secondary N) is 1. The van der Waals surface area contributed by atoms with E-state index in [1.807, 2.05) is 13.1 Å². The first-order valence-corrected chi connectivity index (χ1v) is 6.57. The van der Waals surface area contributed by atoms with Crippen molar-refractivity contribution in [3.8, 4) is 0 Å². The van der Waals surface area contributed by atoms with Crippen LogP contribution in [-0.2, 0) is 13.6 Å². The summed E-state index contributed by atoms with van der Waals surface area (Å²) >= 11 is 0. The van der Waals surface area contributed by atoms with E-state index in [1.165, 1.54) is 4.57 Å². The Balaban J connectivity index is 2.47. The quantitative estimate of drug-likeness (QED) is 0.745. The number of hydrogen-bond donors (Lipinski definition) is 1. The van der Waals surface area contributed by atoms with Crippen LogP contribution in [0.5, 0.6) is 0 Å². The summed E-state index contributed by atoms with van der Waals surface area (Å²) < 4.78 is 5.18. The lowest BCUT2D eigenvalue weighted by molar-refractivity contribution is 0.524. The van der Waals surface area contributed by atoms with Gasteiger partial charge in [0.1, 0.15) is 0 Å². The van der Waals surface area contributed by atoms with Crippen molar-refractivity contribution < 1.29 is 0 Å². The van der Waals surface area contributed by atoms with Crippen LogP contribution < -0.4 is 11.2 Å². The van der Waals surface area contributed by atoms with Crippen molar-refractivity contribution in [2.24, 2.45) is 13.0 Å². The van der Waals surface area contributed by atoms with Crippen LogP contribution in [0.25, 0.3) is 16.9 Å². The number of aromatic amines is 1. The SMILES string of the molecule is Cc1cn2c3c(=O)[nH]c(=O)n(C)c3nc2n1CC(C)C. The molecule has 0 atom stereocenters. The average Bonchev–Trinajstić information content (AvgIpc) is 2.84. The Hall–Kier alpha value is -2.31. The van der Waals surface area contributed by atoms with Gasteiger partial charge in [0.15, 0.2) is 11.2 Å². The van der Waals surface area contributed by atoms with Gasteiger partial charge < -0.3 is 4.57 Å². The van der Waals surface area contributed by atoms with Gasteiger partial charge in [-0.1, -0.05) is 13.8 Å². The Morgan fingerprint density at radius 2 is 2.05 bits per heavy atom. The Morgan fingerprint density at radius 1 is 1.35 bits per heavy atom. The van der Waals surface area contributed by atoms with Crippen molar-refractivity contribution in [3.05, 3.63) is 32.7 Å². The van der Waals surface area contributed by atoms with Crippen molar-refractivity contribution in [2.45, 2.75) is 27.3 Å². The van der Waals surface area contributed by atoms with E-state index >= 15 is 0 Å². The third-order valence-corrected chi connectivity index (χ3v) is 3.46. The van der Waals surface area contributed by atoms with Crippen molar-refractivity contribution in [3.63, 3.8) is 0 Å². The molecule has 3 aromatic heterocycles. The fourth-order valence-corrected chi connectivity index (χ4v) is 2.51. The number of imidazole rings is 2. The molecule has 106 valence electrons. The molecule has 3 rings (SSSR count). The molecule has 0 spiro atoms. The maximum absolute atomic E-state index is 12.0. The zero-order valence-corrected chi connectivity index (χ0v) is 12.0. The minimum absolute atomic E-state index is 0.405. The molecule has 0 unspecified atom stereocenters. The summed E-state index contributed by atoms with van der Waals surface area (Å²) in [5.74, 6) is 1.16. The highest BCUT2D eigenvalue weighted by molar-refractivity contribution is 5.75. The van der Waals surface area contributed by atoms with Crippen molar-refractivity contribution in [2.75, 3.05) is 0 Å². The molecule has 1 N–H and O–H groups in total. The van der Waals surface area contributed by atoms with Crippen LogP contribution in [0, 0.1) is 12.8 Å². The van der Waals surface area contributed by atoms with Gasteiger partial charge in [-0.25, -0.2) is 4.79 Å². The van der Waals surface area contributed by atoms with Crippen LogP contribution in [0.4, 0.5) is 0 Å². The van der Waals surface area contributed by atoms with E-state index in [-0.39, 0.29) is 0 Å². The van der Waals surface area contributed by atoms with Gasteiger partial charge in [-0.3, -0.25) is 18.7 Å². The number of aromatic nitrogens is 5. The maximum Gasteiger partial charge on any atom is 0.329 e. The molecular weight excluding hydrogens is 258 g/mol. The van der Waals surface area contributed by atoms with Crippen LogP contribution >= 0.6 is 0 Å². The summed E-state index contributed by atoms with van der Waals surface area (Å²) in [7, 11) is 1.60. The zero-order chi connectivity index (χ0) is 14.6. The molecule has 0 bridgehead atoms. The topological polar surface area (TPSA) is 77.1 Å². The van der Waals surface area contributed by atoms with Crippen molar-refractivity contribution in [1.29, 1.82) is 0 Å². The first kappa shape index (κ1) is 12.7. The second-order valence-corrected chi connectivity index (χ2v) is 5.55. The molecule has 3 aromatic rings. The number of fused-ring (bicyclic) bond motifs is 3. The predicted molar refractivity (Wildman–Crippen MR) is 76.1 cm³/mol. The van der Waals surface area contributed by atoms with Gasteiger partial charge in [0.2, 0.25) is 5.78 Å². The Labute approximate surface area is 114 Å². The third kappa shape index (κ3) is 1.62. The monoisotopic (exact) mass is 275 g/mol. The lowest BCUT2D eigenvalue weighted by atomic mass is 10.2. The van der Waals surface area contributed by atoms with E-state index in [4.69, 9.17) is 0 Å². The lowest BCUT2D eigenvalue weighted by Gasteiger charge is -2.08. The number of hydrogen-bond acceptors (Lipinski definition) is 3. The fraction of sp³-hybridized carbons (Fsp3) is 0.462. The van der Waals surface area contributed by atoms with Gasteiger partial charge in [0.25, 0.3) is 5.56 Å². The highest BCUT2D eigenvalue weighted by atomic mass is 16.2. The normalized spacial score (nSPS) is 12.1. The van der Waals surface area contributed by atoms with Crippen molar-refractivity contribution in [1.82, 2.24) is 23.5 Å². The van der Waals surface area contributed by atoms with Gasteiger partial charge in [0, 0.05) is 25.5 Å². The Morgan fingerprint density at radius 3 is 2.70 bits per heavy atom. The van der Waals surface area contributed by atoms with Crippen LogP contribution in [0.2, 0.25) is 0 Å². The molecule has 0 fully saturated rings. The standard InChI is InChI=1S/C13H17N5O2/c1-7(2)5-17-8(3)6-18-9-10(14-12(17)18)16(4)13(20)15-11(9)19/h6-7H,5H2,1-4H3,(H,15,19,20). The van der Waals surface area contributed by atoms with E-state index in [9.17, 15) is 9.59 Å². The minimum atomic E-state index is -0.449. The summed E-state index contributed by atoms with van der Waals surface area (Å²) in [6.07, 6.45) is 1.88. The van der Waals surface area contributed by atoms with E-state index in [2.05, 4.69) is 28.4 Å². The molecule has 0 aliphatic heterocycles. The molecule has 0 aliphatic carbocycles. The number of rotatable bonds is 2. The Kier molecular flexibility index (Phi) is 2.60. The summed E-state index contributed by atoms with van der Waals surface area (Å²) in [4.78, 5) is 30.5. The second kappa shape index (κ2) is 4.09. The van der Waals surface area contributed by atoms with Gasteiger partial charge in [-0.15, -0.1) is 0 Å². The molecule has 0 aromatic carbocycles. The number of H-pyrrole nitrogens is 1. The lowest BCUT2D eigenvalue weighted by Crippen LogP contribution is -2.28. The zero-order valence-electron chi connectivity index (χ0n) is 12.0. The molecule has 0 radical (unpaired) electrons. The highest BCUT2D eigenvalue weighted by Gasteiger charge is 2.17. The van der Waals surface area contributed by atoms with Crippen molar-refractivity contribution >= 4 is 16.9 Å². The van der Waals surface area contributed by atoms with Crippen LogP contribution in [0.3, 0.4) is 0 Å². The largest absolute Gasteiger partial charge is 0.329 e. The predicted octanol–water partition coefficient (Wildman–Crippen LogP) is 0.640. The average molecular weight is 275 g/mol. The number of aryl methyl sites for hydroxylation is 2. The van der Waals surface area contributed by atoms with E-state index in [1.54, 1.807) is 11.4 Å². The molecule has 7 heteroatoms. The second-order valence-electron chi connectivity index (χ2n) is 5.55. The molecule has 0 saturated heterocycles. The molecule has 20 heavy (non-hydrogen) atoms. The van der Waals surface area contributed by atoms with Gasteiger partial charge >= 0.3 is 5.69 Å². The first-order chi connectivity index (χ1) is 9.40. The molecule has 0 aliphatic rings. The summed E-state index contributed by atoms with van der Waals surface area (Å²) in [6.45, 7) is 7.05. The summed E-state index contributed by atoms with van der Waals surface area (Å²) in [5.41, 5.74) is 1.00. The molecule has 3 heterocycles. The molecule has 7 nitrogen and oxygen atoms in total. The maximum atomic E-state index is 12.0. The fourth-order valence-electron chi connectivity index (χ4n) is 2.51. The van der Waals surface area contributed by atoms with E-state index in [0.29, 0.717) is 22.9 Å². The minimum Gasteiger partial charge on any atom is -0.314 e.